The molecule has 0 unspecified atom stereocenters. The van der Waals surface area contributed by atoms with Gasteiger partial charge in [-0.1, -0.05) is 27.2 Å². The second-order valence-corrected chi connectivity index (χ2v) is 10.7. The summed E-state index contributed by atoms with van der Waals surface area (Å²) in [7, 11) is 0. The predicted octanol–water partition coefficient (Wildman–Crippen LogP) is 6.03. The molecule has 2 aliphatic rings. The average molecular weight is 469 g/mol. The van der Waals surface area contributed by atoms with Crippen LogP contribution in [0.25, 0.3) is 11.1 Å². The molecule has 0 spiro atoms. The van der Waals surface area contributed by atoms with Crippen LogP contribution in [0.4, 0.5) is 10.1 Å². The van der Waals surface area contributed by atoms with Gasteiger partial charge in [0, 0.05) is 48.8 Å². The first kappa shape index (κ1) is 24.9. The molecule has 4 rings (SSSR count). The maximum Gasteiger partial charge on any atom is 0.250 e. The second-order valence-electron chi connectivity index (χ2n) is 10.7. The number of aromatic nitrogens is 2. The zero-order valence-electron chi connectivity index (χ0n) is 21.5. The van der Waals surface area contributed by atoms with Crippen molar-refractivity contribution in [1.29, 1.82) is 0 Å². The van der Waals surface area contributed by atoms with Crippen LogP contribution in [0.15, 0.2) is 18.5 Å². The summed E-state index contributed by atoms with van der Waals surface area (Å²) in [6.07, 6.45) is 11.6. The monoisotopic (exact) mass is 468 g/mol. The summed E-state index contributed by atoms with van der Waals surface area (Å²) < 4.78 is 20.7. The van der Waals surface area contributed by atoms with E-state index in [1.54, 1.807) is 12.3 Å². The minimum atomic E-state index is -0.403. The molecule has 2 aliphatic heterocycles. The lowest BCUT2D eigenvalue weighted by Gasteiger charge is -2.40. The van der Waals surface area contributed by atoms with Gasteiger partial charge in [-0.3, -0.25) is 4.98 Å². The molecular formula is C28H41FN4O. The minimum Gasteiger partial charge on any atom is -0.476 e. The van der Waals surface area contributed by atoms with Crippen molar-refractivity contribution in [1.82, 2.24) is 14.9 Å². The van der Waals surface area contributed by atoms with Crippen LogP contribution >= 0.6 is 0 Å². The number of hydrogen-bond donors (Lipinski definition) is 0. The van der Waals surface area contributed by atoms with E-state index in [1.807, 2.05) is 6.20 Å². The highest BCUT2D eigenvalue weighted by atomic mass is 19.1. The standard InChI is InChI=1S/C28H41FN4O/c1-5-23-21(2)30-20-24(26(23)33-15-10-28(3,4)11-16-33)22-18-25(29)27(31-19-22)34-17-9-14-32-12-7-6-8-13-32/h18-20H,5-17H2,1-4H3. The van der Waals surface area contributed by atoms with E-state index < -0.39 is 5.82 Å². The number of aryl methyl sites for hydroxylation is 1. The van der Waals surface area contributed by atoms with E-state index in [4.69, 9.17) is 4.74 Å². The molecule has 2 aromatic rings. The van der Waals surface area contributed by atoms with Gasteiger partial charge in [0.2, 0.25) is 5.88 Å². The van der Waals surface area contributed by atoms with Gasteiger partial charge in [0.25, 0.3) is 0 Å². The van der Waals surface area contributed by atoms with Crippen LogP contribution in [0.5, 0.6) is 5.88 Å². The van der Waals surface area contributed by atoms with Crippen molar-refractivity contribution in [3.05, 3.63) is 35.5 Å². The molecule has 186 valence electrons. The number of likely N-dealkylation sites (tertiary alicyclic amines) is 1. The molecule has 2 aromatic heterocycles. The van der Waals surface area contributed by atoms with E-state index in [-0.39, 0.29) is 5.88 Å². The fourth-order valence-electron chi connectivity index (χ4n) is 5.28. The van der Waals surface area contributed by atoms with Crippen LogP contribution in [0.2, 0.25) is 0 Å². The first-order chi connectivity index (χ1) is 16.4. The van der Waals surface area contributed by atoms with Crippen molar-refractivity contribution >= 4 is 5.69 Å². The highest BCUT2D eigenvalue weighted by Crippen LogP contribution is 2.40. The normalized spacial score (nSPS) is 18.8. The third-order valence-electron chi connectivity index (χ3n) is 7.58. The third kappa shape index (κ3) is 5.88. The average Bonchev–Trinajstić information content (AvgIpc) is 2.83. The van der Waals surface area contributed by atoms with Gasteiger partial charge in [-0.15, -0.1) is 0 Å². The molecule has 0 N–H and O–H groups in total. The number of hydrogen-bond acceptors (Lipinski definition) is 5. The Balaban J connectivity index is 1.49. The Morgan fingerprint density at radius 3 is 2.44 bits per heavy atom. The summed E-state index contributed by atoms with van der Waals surface area (Å²) in [6, 6.07) is 1.57. The topological polar surface area (TPSA) is 41.5 Å². The van der Waals surface area contributed by atoms with Gasteiger partial charge < -0.3 is 14.5 Å². The SMILES string of the molecule is CCc1c(C)ncc(-c2cnc(OCCCN3CCCCC3)c(F)c2)c1N1CCC(C)(C)CC1. The molecule has 0 aromatic carbocycles. The maximum absolute atomic E-state index is 15.0. The van der Waals surface area contributed by atoms with Crippen LogP contribution in [0.3, 0.4) is 0 Å². The largest absolute Gasteiger partial charge is 0.476 e. The number of pyridine rings is 2. The molecule has 2 saturated heterocycles. The maximum atomic E-state index is 15.0. The summed E-state index contributed by atoms with van der Waals surface area (Å²) in [6.45, 7) is 14.8. The number of halogens is 1. The highest BCUT2D eigenvalue weighted by molar-refractivity contribution is 5.81. The summed E-state index contributed by atoms with van der Waals surface area (Å²) in [5, 5.41) is 0. The predicted molar refractivity (Wildman–Crippen MR) is 137 cm³/mol. The van der Waals surface area contributed by atoms with Crippen LogP contribution in [0.1, 0.15) is 70.6 Å². The molecule has 2 fully saturated rings. The smallest absolute Gasteiger partial charge is 0.250 e. The molecule has 4 heterocycles. The molecule has 0 aliphatic carbocycles. The van der Waals surface area contributed by atoms with Gasteiger partial charge in [-0.25, -0.2) is 9.37 Å². The molecule has 6 heteroatoms. The van der Waals surface area contributed by atoms with Gasteiger partial charge in [-0.05, 0) is 75.6 Å². The summed E-state index contributed by atoms with van der Waals surface area (Å²) >= 11 is 0. The van der Waals surface area contributed by atoms with Crippen molar-refractivity contribution in [2.45, 2.75) is 72.6 Å². The Kier molecular flexibility index (Phi) is 8.07. The van der Waals surface area contributed by atoms with Gasteiger partial charge in [-0.2, -0.15) is 0 Å². The lowest BCUT2D eigenvalue weighted by atomic mass is 9.82. The lowest BCUT2D eigenvalue weighted by molar-refractivity contribution is 0.200. The van der Waals surface area contributed by atoms with Crippen molar-refractivity contribution in [3.8, 4) is 17.0 Å². The van der Waals surface area contributed by atoms with E-state index >= 15 is 4.39 Å². The quantitative estimate of drug-likeness (QED) is 0.442. The van der Waals surface area contributed by atoms with E-state index in [1.165, 1.54) is 43.6 Å². The Hall–Kier alpha value is -2.21. The lowest BCUT2D eigenvalue weighted by Crippen LogP contribution is -2.38. The Morgan fingerprint density at radius 1 is 1.03 bits per heavy atom. The van der Waals surface area contributed by atoms with Crippen molar-refractivity contribution in [2.75, 3.05) is 44.2 Å². The Labute approximate surface area is 204 Å². The minimum absolute atomic E-state index is 0.0967. The van der Waals surface area contributed by atoms with Crippen LogP contribution in [0, 0.1) is 18.2 Å². The number of piperidine rings is 2. The van der Waals surface area contributed by atoms with Gasteiger partial charge in [0.15, 0.2) is 5.82 Å². The van der Waals surface area contributed by atoms with Crippen LogP contribution in [-0.2, 0) is 6.42 Å². The van der Waals surface area contributed by atoms with E-state index in [0.29, 0.717) is 12.0 Å². The molecule has 0 radical (unpaired) electrons. The van der Waals surface area contributed by atoms with Crippen molar-refractivity contribution < 1.29 is 9.13 Å². The first-order valence-corrected chi connectivity index (χ1v) is 13.1. The van der Waals surface area contributed by atoms with Crippen molar-refractivity contribution in [3.63, 3.8) is 0 Å². The van der Waals surface area contributed by atoms with Gasteiger partial charge >= 0.3 is 0 Å². The zero-order valence-corrected chi connectivity index (χ0v) is 21.5. The van der Waals surface area contributed by atoms with E-state index in [2.05, 4.69) is 47.5 Å². The zero-order chi connectivity index (χ0) is 24.1. The van der Waals surface area contributed by atoms with Crippen LogP contribution in [-0.4, -0.2) is 54.2 Å². The third-order valence-corrected chi connectivity index (χ3v) is 7.58. The number of ether oxygens (including phenoxy) is 1. The summed E-state index contributed by atoms with van der Waals surface area (Å²) in [5.41, 5.74) is 5.59. The fraction of sp³-hybridized carbons (Fsp3) is 0.643. The summed E-state index contributed by atoms with van der Waals surface area (Å²) in [4.78, 5) is 14.0. The van der Waals surface area contributed by atoms with E-state index in [0.717, 1.165) is 62.1 Å². The Morgan fingerprint density at radius 2 is 1.76 bits per heavy atom. The van der Waals surface area contributed by atoms with Crippen LogP contribution < -0.4 is 9.64 Å². The fourth-order valence-corrected chi connectivity index (χ4v) is 5.28. The molecule has 34 heavy (non-hydrogen) atoms. The molecule has 5 nitrogen and oxygen atoms in total. The second kappa shape index (κ2) is 11.0. The molecule has 0 bridgehead atoms. The van der Waals surface area contributed by atoms with E-state index in [9.17, 15) is 0 Å². The highest BCUT2D eigenvalue weighted by Gasteiger charge is 2.28. The number of rotatable bonds is 8. The first-order valence-electron chi connectivity index (χ1n) is 13.1. The molecular weight excluding hydrogens is 427 g/mol. The van der Waals surface area contributed by atoms with Gasteiger partial charge in [0.1, 0.15) is 0 Å². The number of nitrogens with zero attached hydrogens (tertiary/aromatic N) is 4. The number of anilines is 1. The van der Waals surface area contributed by atoms with Crippen molar-refractivity contribution in [2.24, 2.45) is 5.41 Å². The molecule has 0 atom stereocenters. The summed E-state index contributed by atoms with van der Waals surface area (Å²) in [5.74, 6) is -0.306. The Bertz CT molecular complexity index is 961. The molecule has 0 saturated carbocycles. The molecule has 0 amide bonds. The van der Waals surface area contributed by atoms with Gasteiger partial charge in [0.05, 0.1) is 12.3 Å².